The maximum atomic E-state index is 13.1. The first-order valence-electron chi connectivity index (χ1n) is 11.2. The van der Waals surface area contributed by atoms with Crippen LogP contribution in [0.5, 0.6) is 0 Å². The molecule has 2 N–H and O–H groups in total. The third-order valence-corrected chi connectivity index (χ3v) is 6.94. The quantitative estimate of drug-likeness (QED) is 0.665. The van der Waals surface area contributed by atoms with Gasteiger partial charge >= 0.3 is 0 Å². The first-order valence-corrected chi connectivity index (χ1v) is 11.6. The summed E-state index contributed by atoms with van der Waals surface area (Å²) in [5.41, 5.74) is 7.48. The first-order chi connectivity index (χ1) is 15.5. The van der Waals surface area contributed by atoms with Gasteiger partial charge in [0.15, 0.2) is 0 Å². The Balaban J connectivity index is 1.25. The van der Waals surface area contributed by atoms with Crippen LogP contribution in [0.15, 0.2) is 41.8 Å². The lowest BCUT2D eigenvalue weighted by Crippen LogP contribution is -2.45. The van der Waals surface area contributed by atoms with Gasteiger partial charge in [-0.1, -0.05) is 28.9 Å². The van der Waals surface area contributed by atoms with Crippen LogP contribution in [0, 0.1) is 16.7 Å². The summed E-state index contributed by atoms with van der Waals surface area (Å²) in [4.78, 5) is 37.0. The molecule has 2 aromatic rings. The highest BCUT2D eigenvalue weighted by molar-refractivity contribution is 6.30. The van der Waals surface area contributed by atoms with Gasteiger partial charge in [0, 0.05) is 48.5 Å². The van der Waals surface area contributed by atoms with Crippen molar-refractivity contribution < 1.29 is 4.79 Å². The molecular weight excluding hydrogens is 428 g/mol. The molecule has 1 amide bonds. The van der Waals surface area contributed by atoms with Crippen molar-refractivity contribution in [2.45, 2.75) is 38.3 Å². The number of piperidine rings is 2. The number of benzene rings is 1. The molecule has 0 spiro atoms. The smallest absolute Gasteiger partial charge is 0.225 e. The molecule has 4 rings (SSSR count). The molecular formula is C23H29ClN6O2. The van der Waals surface area contributed by atoms with Crippen LogP contribution in [-0.2, 0) is 11.3 Å². The molecule has 170 valence electrons. The Morgan fingerprint density at radius 2 is 1.69 bits per heavy atom. The fourth-order valence-corrected chi connectivity index (χ4v) is 4.94. The maximum Gasteiger partial charge on any atom is 0.225 e. The second-order valence-corrected chi connectivity index (χ2v) is 9.20. The van der Waals surface area contributed by atoms with Crippen LogP contribution >= 0.6 is 11.6 Å². The Labute approximate surface area is 193 Å². The number of aromatic nitrogens is 2. The number of amides is 1. The van der Waals surface area contributed by atoms with E-state index in [-0.39, 0.29) is 29.7 Å². The van der Waals surface area contributed by atoms with Gasteiger partial charge in [0.25, 0.3) is 0 Å². The monoisotopic (exact) mass is 456 g/mol. The number of carbonyl (C=O) groups excluding carboxylic acids is 1. The van der Waals surface area contributed by atoms with Crippen LogP contribution in [0.25, 0.3) is 0 Å². The summed E-state index contributed by atoms with van der Waals surface area (Å²) >= 11 is 5.96. The Morgan fingerprint density at radius 3 is 2.28 bits per heavy atom. The molecule has 2 aliphatic rings. The number of carbonyl (C=O) groups is 1. The number of likely N-dealkylation sites (tertiary alicyclic amines) is 2. The summed E-state index contributed by atoms with van der Waals surface area (Å²) in [6.07, 6.45) is 6.82. The van der Waals surface area contributed by atoms with Gasteiger partial charge in [-0.25, -0.2) is 9.97 Å². The van der Waals surface area contributed by atoms with Gasteiger partial charge in [0.1, 0.15) is 6.04 Å². The number of nitrogens with two attached hydrogens (primary N) is 1. The average Bonchev–Trinajstić information content (AvgIpc) is 2.83. The first kappa shape index (κ1) is 22.6. The van der Waals surface area contributed by atoms with Gasteiger partial charge in [-0.3, -0.25) is 9.69 Å². The molecule has 0 saturated carbocycles. The molecule has 3 heterocycles. The zero-order chi connectivity index (χ0) is 22.5. The van der Waals surface area contributed by atoms with Crippen molar-refractivity contribution in [2.24, 2.45) is 17.0 Å². The summed E-state index contributed by atoms with van der Waals surface area (Å²) in [6, 6.07) is 6.94. The third kappa shape index (κ3) is 5.42. The van der Waals surface area contributed by atoms with Crippen molar-refractivity contribution in [3.63, 3.8) is 0 Å². The lowest BCUT2D eigenvalue weighted by molar-refractivity contribution is -0.138. The van der Waals surface area contributed by atoms with Gasteiger partial charge in [-0.05, 0) is 62.4 Å². The van der Waals surface area contributed by atoms with Crippen molar-refractivity contribution in [1.29, 1.82) is 0 Å². The molecule has 2 aliphatic heterocycles. The normalized spacial score (nSPS) is 19.6. The molecule has 32 heavy (non-hydrogen) atoms. The third-order valence-electron chi connectivity index (χ3n) is 6.69. The number of nitrogens with zero attached hydrogens (tertiary/aromatic N) is 5. The number of hydrogen-bond donors (Lipinski definition) is 1. The summed E-state index contributed by atoms with van der Waals surface area (Å²) < 4.78 is 0. The van der Waals surface area contributed by atoms with E-state index in [1.165, 1.54) is 0 Å². The van der Waals surface area contributed by atoms with E-state index in [1.807, 2.05) is 17.0 Å². The Bertz CT molecular complexity index is 907. The van der Waals surface area contributed by atoms with Crippen LogP contribution in [0.3, 0.4) is 0 Å². The zero-order valence-electron chi connectivity index (χ0n) is 18.1. The van der Waals surface area contributed by atoms with E-state index in [0.29, 0.717) is 18.1 Å². The van der Waals surface area contributed by atoms with Gasteiger partial charge < -0.3 is 10.6 Å². The van der Waals surface area contributed by atoms with Crippen molar-refractivity contribution in [3.8, 4) is 0 Å². The Kier molecular flexibility index (Phi) is 7.32. The molecule has 2 fully saturated rings. The molecule has 0 radical (unpaired) electrons. The van der Waals surface area contributed by atoms with Gasteiger partial charge in [-0.15, -0.1) is 0 Å². The van der Waals surface area contributed by atoms with Crippen LogP contribution < -0.4 is 5.73 Å². The SMILES string of the molecule is Nc1ncc(CN2CCC(C(=O)N3CCC(C(N=O)c4ccc(Cl)cc4)CC3)CC2)cn1. The molecule has 8 nitrogen and oxygen atoms in total. The molecule has 2 saturated heterocycles. The topological polar surface area (TPSA) is 105 Å². The van der Waals surface area contributed by atoms with Crippen molar-refractivity contribution >= 4 is 23.5 Å². The number of nitrogen functional groups attached to an aromatic ring is 1. The number of nitroso groups, excluding NO2 is 1. The summed E-state index contributed by atoms with van der Waals surface area (Å²) in [7, 11) is 0. The van der Waals surface area contributed by atoms with Gasteiger partial charge in [0.2, 0.25) is 11.9 Å². The van der Waals surface area contributed by atoms with Crippen molar-refractivity contribution in [3.05, 3.63) is 57.7 Å². The molecule has 0 bridgehead atoms. The Morgan fingerprint density at radius 1 is 1.06 bits per heavy atom. The molecule has 1 aromatic carbocycles. The number of anilines is 1. The van der Waals surface area contributed by atoms with E-state index < -0.39 is 0 Å². The zero-order valence-corrected chi connectivity index (χ0v) is 18.8. The predicted molar refractivity (Wildman–Crippen MR) is 124 cm³/mol. The molecule has 1 atom stereocenters. The lowest BCUT2D eigenvalue weighted by atomic mass is 9.85. The highest BCUT2D eigenvalue weighted by Crippen LogP contribution is 2.35. The second-order valence-electron chi connectivity index (χ2n) is 8.76. The minimum atomic E-state index is -0.384. The van der Waals surface area contributed by atoms with Crippen LogP contribution in [-0.4, -0.2) is 51.9 Å². The number of hydrogen-bond acceptors (Lipinski definition) is 7. The fourth-order valence-electron chi connectivity index (χ4n) is 4.82. The summed E-state index contributed by atoms with van der Waals surface area (Å²) in [5, 5.41) is 4.05. The van der Waals surface area contributed by atoms with Gasteiger partial charge in [0.05, 0.1) is 0 Å². The van der Waals surface area contributed by atoms with E-state index >= 15 is 0 Å². The summed E-state index contributed by atoms with van der Waals surface area (Å²) in [6.45, 7) is 3.91. The number of rotatable bonds is 6. The molecule has 1 aromatic heterocycles. The van der Waals surface area contributed by atoms with E-state index in [9.17, 15) is 9.70 Å². The van der Waals surface area contributed by atoms with E-state index in [4.69, 9.17) is 17.3 Å². The molecule has 1 unspecified atom stereocenters. The minimum absolute atomic E-state index is 0.0710. The van der Waals surface area contributed by atoms with Crippen molar-refractivity contribution in [1.82, 2.24) is 19.8 Å². The largest absolute Gasteiger partial charge is 0.368 e. The van der Waals surface area contributed by atoms with Crippen LogP contribution in [0.2, 0.25) is 5.02 Å². The average molecular weight is 457 g/mol. The predicted octanol–water partition coefficient (Wildman–Crippen LogP) is 3.67. The van der Waals surface area contributed by atoms with E-state index in [0.717, 1.165) is 56.4 Å². The maximum absolute atomic E-state index is 13.1. The van der Waals surface area contributed by atoms with E-state index in [1.54, 1.807) is 24.5 Å². The van der Waals surface area contributed by atoms with E-state index in [2.05, 4.69) is 20.0 Å². The fraction of sp³-hybridized carbons (Fsp3) is 0.522. The highest BCUT2D eigenvalue weighted by Gasteiger charge is 2.34. The summed E-state index contributed by atoms with van der Waals surface area (Å²) in [5.74, 6) is 0.759. The lowest BCUT2D eigenvalue weighted by Gasteiger charge is -2.38. The highest BCUT2D eigenvalue weighted by atomic mass is 35.5. The minimum Gasteiger partial charge on any atom is -0.368 e. The van der Waals surface area contributed by atoms with Crippen LogP contribution in [0.1, 0.15) is 42.9 Å². The van der Waals surface area contributed by atoms with Gasteiger partial charge in [-0.2, -0.15) is 4.91 Å². The second kappa shape index (κ2) is 10.4. The number of halogens is 1. The standard InChI is InChI=1S/C23H29ClN6O2/c24-20-3-1-17(2-4-20)21(28-32)18-7-11-30(12-8-18)22(31)19-5-9-29(10-6-19)15-16-13-26-23(25)27-14-16/h1-4,13-14,18-19,21H,5-12,15H2,(H2,25,26,27). The molecule has 9 heteroatoms. The van der Waals surface area contributed by atoms with Crippen LogP contribution in [0.4, 0.5) is 5.95 Å². The Hall–Kier alpha value is -2.58. The van der Waals surface area contributed by atoms with Crippen molar-refractivity contribution in [2.75, 3.05) is 31.9 Å². The molecule has 0 aliphatic carbocycles.